The first kappa shape index (κ1) is 26.2. The number of hydrogen-bond donors (Lipinski definition) is 1. The summed E-state index contributed by atoms with van der Waals surface area (Å²) in [4.78, 5) is 26.2. The van der Waals surface area contributed by atoms with Gasteiger partial charge < -0.3 is 33.5 Å². The second-order valence-corrected chi connectivity index (χ2v) is 12.2. The zero-order valence-corrected chi connectivity index (χ0v) is 22.5. The molecule has 4 aliphatic heterocycles. The van der Waals surface area contributed by atoms with E-state index in [-0.39, 0.29) is 25.4 Å². The molecule has 10 atom stereocenters. The predicted molar refractivity (Wildman–Crippen MR) is 134 cm³/mol. The van der Waals surface area contributed by atoms with Crippen LogP contribution in [0.2, 0.25) is 0 Å². The van der Waals surface area contributed by atoms with E-state index in [1.165, 1.54) is 11.6 Å². The number of cyclic esters (lactones) is 1. The molecular formula is C29H38O9. The van der Waals surface area contributed by atoms with Gasteiger partial charge in [0.25, 0.3) is 0 Å². The molecule has 9 nitrogen and oxygen atoms in total. The minimum absolute atomic E-state index is 0.123. The van der Waals surface area contributed by atoms with Crippen molar-refractivity contribution in [3.8, 4) is 0 Å². The van der Waals surface area contributed by atoms with Crippen molar-refractivity contribution < 1.29 is 43.1 Å². The first-order valence-corrected chi connectivity index (χ1v) is 13.7. The fourth-order valence-electron chi connectivity index (χ4n) is 7.37. The lowest BCUT2D eigenvalue weighted by Gasteiger charge is -2.58. The van der Waals surface area contributed by atoms with Gasteiger partial charge >= 0.3 is 11.9 Å². The second kappa shape index (κ2) is 8.99. The highest BCUT2D eigenvalue weighted by molar-refractivity contribution is 5.82. The lowest BCUT2D eigenvalue weighted by molar-refractivity contribution is -0.233. The monoisotopic (exact) mass is 530 g/mol. The van der Waals surface area contributed by atoms with Crippen LogP contribution in [0, 0.1) is 10.8 Å². The van der Waals surface area contributed by atoms with Crippen molar-refractivity contribution in [2.75, 3.05) is 19.8 Å². The van der Waals surface area contributed by atoms with Gasteiger partial charge in [0.2, 0.25) is 0 Å². The van der Waals surface area contributed by atoms with Crippen molar-refractivity contribution in [2.24, 2.45) is 10.8 Å². The van der Waals surface area contributed by atoms with Gasteiger partial charge in [-0.25, -0.2) is 9.59 Å². The van der Waals surface area contributed by atoms with Crippen molar-refractivity contribution in [3.63, 3.8) is 0 Å². The van der Waals surface area contributed by atoms with Gasteiger partial charge in [0.1, 0.15) is 30.0 Å². The minimum atomic E-state index is -0.754. The van der Waals surface area contributed by atoms with Crippen LogP contribution in [0.25, 0.3) is 0 Å². The smallest absolute Gasteiger partial charge is 0.338 e. The molecule has 9 heteroatoms. The summed E-state index contributed by atoms with van der Waals surface area (Å²) < 4.78 is 36.6. The van der Waals surface area contributed by atoms with Gasteiger partial charge in [-0.05, 0) is 33.6 Å². The number of carbonyl (C=O) groups is 2. The van der Waals surface area contributed by atoms with Crippen molar-refractivity contribution >= 4 is 11.9 Å². The molecule has 0 unspecified atom stereocenters. The van der Waals surface area contributed by atoms with Crippen LogP contribution in [-0.4, -0.2) is 84.7 Å². The lowest BCUT2D eigenvalue weighted by Crippen LogP contribution is -2.66. The van der Waals surface area contributed by atoms with Gasteiger partial charge in [0.05, 0.1) is 36.9 Å². The van der Waals surface area contributed by atoms with Crippen molar-refractivity contribution in [2.45, 2.75) is 101 Å². The van der Waals surface area contributed by atoms with Crippen LogP contribution in [0.15, 0.2) is 36.0 Å². The van der Waals surface area contributed by atoms with Crippen LogP contribution in [0.1, 0.15) is 53.4 Å². The average molecular weight is 531 g/mol. The Hall–Kier alpha value is -2.04. The van der Waals surface area contributed by atoms with E-state index in [2.05, 4.69) is 19.9 Å². The van der Waals surface area contributed by atoms with E-state index >= 15 is 0 Å². The van der Waals surface area contributed by atoms with E-state index < -0.39 is 58.4 Å². The maximum atomic E-state index is 13.2. The van der Waals surface area contributed by atoms with Gasteiger partial charge in [-0.15, -0.1) is 0 Å². The van der Waals surface area contributed by atoms with E-state index in [9.17, 15) is 14.7 Å². The summed E-state index contributed by atoms with van der Waals surface area (Å²) in [7, 11) is 0. The highest BCUT2D eigenvalue weighted by Crippen LogP contribution is 2.72. The highest BCUT2D eigenvalue weighted by Gasteiger charge is 2.83. The van der Waals surface area contributed by atoms with E-state index in [1.54, 1.807) is 25.2 Å². The molecule has 1 saturated carbocycles. The zero-order valence-electron chi connectivity index (χ0n) is 22.5. The molecule has 0 aromatic carbocycles. The summed E-state index contributed by atoms with van der Waals surface area (Å²) in [6.07, 6.45) is 8.08. The SMILES string of the molecule is CC1=C[C@H]2O[C@@H]3C[C@H]4OC(=O)/C=C\C=C\[C@H]([C@@H](C)O)OCC[C@]5(C)O[C@@H]5C(=O)OC[C@@]2(CC1)[C@]4(C)[C@]31CO1. The van der Waals surface area contributed by atoms with Crippen LogP contribution in [0.4, 0.5) is 0 Å². The molecule has 38 heavy (non-hydrogen) atoms. The number of allylic oxidation sites excluding steroid dienone is 3. The Morgan fingerprint density at radius 1 is 1.11 bits per heavy atom. The van der Waals surface area contributed by atoms with Gasteiger partial charge in [0, 0.05) is 24.3 Å². The van der Waals surface area contributed by atoms with Crippen LogP contribution in [-0.2, 0) is 38.0 Å². The Morgan fingerprint density at radius 2 is 1.89 bits per heavy atom. The minimum Gasteiger partial charge on any atom is -0.463 e. The number of epoxide rings is 2. The Balaban J connectivity index is 1.35. The number of fused-ring (bicyclic) bond motifs is 1. The van der Waals surface area contributed by atoms with E-state index in [0.717, 1.165) is 12.8 Å². The van der Waals surface area contributed by atoms with Crippen LogP contribution < -0.4 is 0 Å². The van der Waals surface area contributed by atoms with Crippen molar-refractivity contribution in [1.82, 2.24) is 0 Å². The Labute approximate surface area is 223 Å². The molecule has 6 aliphatic rings. The number of ether oxygens (including phenoxy) is 6. The van der Waals surface area contributed by atoms with Crippen molar-refractivity contribution in [3.05, 3.63) is 36.0 Å². The maximum absolute atomic E-state index is 13.2. The highest BCUT2D eigenvalue weighted by atomic mass is 16.7. The largest absolute Gasteiger partial charge is 0.463 e. The van der Waals surface area contributed by atoms with E-state index in [0.29, 0.717) is 19.4 Å². The third-order valence-corrected chi connectivity index (χ3v) is 10.1. The first-order valence-electron chi connectivity index (χ1n) is 13.7. The lowest BCUT2D eigenvalue weighted by atomic mass is 9.51. The maximum Gasteiger partial charge on any atom is 0.338 e. The predicted octanol–water partition coefficient (Wildman–Crippen LogP) is 2.55. The van der Waals surface area contributed by atoms with E-state index in [1.807, 2.05) is 6.92 Å². The molecule has 2 spiro atoms. The average Bonchev–Trinajstić information content (AvgIpc) is 3.77. The summed E-state index contributed by atoms with van der Waals surface area (Å²) >= 11 is 0. The fraction of sp³-hybridized carbons (Fsp3) is 0.724. The van der Waals surface area contributed by atoms with Crippen LogP contribution in [0.5, 0.6) is 0 Å². The Bertz CT molecular complexity index is 1090. The normalized spacial score (nSPS) is 50.8. The molecule has 4 fully saturated rings. The van der Waals surface area contributed by atoms with Gasteiger partial charge in [0.15, 0.2) is 6.10 Å². The third kappa shape index (κ3) is 3.84. The summed E-state index contributed by atoms with van der Waals surface area (Å²) in [6, 6.07) is 0. The second-order valence-electron chi connectivity index (χ2n) is 12.2. The molecule has 0 aromatic rings. The number of rotatable bonds is 1. The molecule has 3 saturated heterocycles. The van der Waals surface area contributed by atoms with Crippen LogP contribution >= 0.6 is 0 Å². The fourth-order valence-corrected chi connectivity index (χ4v) is 7.37. The molecular weight excluding hydrogens is 492 g/mol. The molecule has 0 aromatic heterocycles. The topological polar surface area (TPSA) is 116 Å². The quantitative estimate of drug-likeness (QED) is 0.310. The molecule has 2 bridgehead atoms. The third-order valence-electron chi connectivity index (χ3n) is 10.1. The summed E-state index contributed by atoms with van der Waals surface area (Å²) in [5, 5.41) is 10.1. The molecule has 0 amide bonds. The molecule has 2 aliphatic carbocycles. The zero-order chi connectivity index (χ0) is 26.9. The standard InChI is InChI=1S/C29H38O9/c1-17-9-10-28-15-34-25(32)24-26(3,38-24)11-12-33-19(18(2)30)7-5-6-8-23(31)37-20-14-22(36-21(28)13-17)29(16-35-29)27(20,28)4/h5-8,13,18-22,24,30H,9-12,14-16H2,1-4H3/b7-5+,8-6-/t18-,19-,20-,21-,22-,24-,26+,27-,28-,29+/m1/s1. The Kier molecular flexibility index (Phi) is 6.20. The summed E-state index contributed by atoms with van der Waals surface area (Å²) in [6.45, 7) is 8.66. The van der Waals surface area contributed by atoms with Gasteiger partial charge in [-0.2, -0.15) is 0 Å². The molecule has 6 rings (SSSR count). The number of hydrogen-bond acceptors (Lipinski definition) is 9. The van der Waals surface area contributed by atoms with Gasteiger partial charge in [-0.3, -0.25) is 0 Å². The molecule has 208 valence electrons. The molecule has 4 heterocycles. The number of aliphatic hydroxyl groups is 1. The van der Waals surface area contributed by atoms with E-state index in [4.69, 9.17) is 28.4 Å². The number of carbonyl (C=O) groups excluding carboxylic acids is 2. The molecule has 0 radical (unpaired) electrons. The first-order chi connectivity index (χ1) is 18.0. The molecule has 1 N–H and O–H groups in total. The van der Waals surface area contributed by atoms with Gasteiger partial charge in [-0.1, -0.05) is 36.8 Å². The summed E-state index contributed by atoms with van der Waals surface area (Å²) in [5.74, 6) is -0.876. The van der Waals surface area contributed by atoms with Crippen LogP contribution in [0.3, 0.4) is 0 Å². The number of esters is 2. The van der Waals surface area contributed by atoms with Crippen molar-refractivity contribution in [1.29, 1.82) is 0 Å². The Morgan fingerprint density at radius 3 is 2.63 bits per heavy atom. The summed E-state index contributed by atoms with van der Waals surface area (Å²) in [5.41, 5.74) is -1.25. The number of aliphatic hydroxyl groups excluding tert-OH is 1.